The van der Waals surface area contributed by atoms with E-state index in [0.29, 0.717) is 12.1 Å². The van der Waals surface area contributed by atoms with Crippen molar-refractivity contribution in [3.63, 3.8) is 0 Å². The van der Waals surface area contributed by atoms with Gasteiger partial charge < -0.3 is 5.32 Å². The van der Waals surface area contributed by atoms with E-state index in [0.717, 1.165) is 36.0 Å². The number of aryl methyl sites for hydroxylation is 1. The molecule has 1 saturated carbocycles. The highest BCUT2D eigenvalue weighted by molar-refractivity contribution is 7.85. The SMILES string of the molecule is Cc1cc(C(=O)NCC2(S(C)=O)CCC2)c2cnn(C(C)C)c2n1. The predicted molar refractivity (Wildman–Crippen MR) is 95.6 cm³/mol. The van der Waals surface area contributed by atoms with Crippen LogP contribution in [-0.2, 0) is 10.8 Å². The van der Waals surface area contributed by atoms with Crippen LogP contribution >= 0.6 is 0 Å². The average molecular weight is 348 g/mol. The third kappa shape index (κ3) is 2.85. The van der Waals surface area contributed by atoms with Crippen LogP contribution in [0, 0.1) is 6.92 Å². The topological polar surface area (TPSA) is 76.9 Å². The fourth-order valence-corrected chi connectivity index (χ4v) is 4.32. The first-order chi connectivity index (χ1) is 11.3. The van der Waals surface area contributed by atoms with Crippen LogP contribution in [-0.4, -0.2) is 42.4 Å². The Morgan fingerprint density at radius 2 is 2.17 bits per heavy atom. The summed E-state index contributed by atoms with van der Waals surface area (Å²) in [7, 11) is -0.932. The minimum Gasteiger partial charge on any atom is -0.351 e. The fourth-order valence-electron chi connectivity index (χ4n) is 3.18. The maximum Gasteiger partial charge on any atom is 0.252 e. The third-order valence-corrected chi connectivity index (χ3v) is 6.65. The summed E-state index contributed by atoms with van der Waals surface area (Å²) in [6.07, 6.45) is 6.33. The van der Waals surface area contributed by atoms with Gasteiger partial charge in [-0.3, -0.25) is 9.00 Å². The number of fused-ring (bicyclic) bond motifs is 1. The summed E-state index contributed by atoms with van der Waals surface area (Å²) in [5.41, 5.74) is 2.10. The first-order valence-electron chi connectivity index (χ1n) is 8.31. The van der Waals surface area contributed by atoms with Crippen molar-refractivity contribution in [2.45, 2.75) is 50.8 Å². The summed E-state index contributed by atoms with van der Waals surface area (Å²) < 4.78 is 13.6. The van der Waals surface area contributed by atoms with Gasteiger partial charge in [-0.05, 0) is 39.7 Å². The van der Waals surface area contributed by atoms with E-state index in [1.807, 2.05) is 25.5 Å². The van der Waals surface area contributed by atoms with Gasteiger partial charge in [0.05, 0.1) is 21.9 Å². The van der Waals surface area contributed by atoms with Crippen molar-refractivity contribution >= 4 is 27.7 Å². The Hall–Kier alpha value is -1.76. The van der Waals surface area contributed by atoms with E-state index < -0.39 is 10.8 Å². The third-order valence-electron chi connectivity index (χ3n) is 4.87. The molecule has 0 spiro atoms. The van der Waals surface area contributed by atoms with Gasteiger partial charge >= 0.3 is 0 Å². The van der Waals surface area contributed by atoms with Crippen molar-refractivity contribution in [1.82, 2.24) is 20.1 Å². The summed E-state index contributed by atoms with van der Waals surface area (Å²) in [6.45, 7) is 6.40. The van der Waals surface area contributed by atoms with Crippen molar-refractivity contribution in [1.29, 1.82) is 0 Å². The zero-order valence-corrected chi connectivity index (χ0v) is 15.4. The van der Waals surface area contributed by atoms with Gasteiger partial charge in [0, 0.05) is 35.3 Å². The highest BCUT2D eigenvalue weighted by Gasteiger charge is 2.41. The van der Waals surface area contributed by atoms with Crippen LogP contribution in [0.5, 0.6) is 0 Å². The largest absolute Gasteiger partial charge is 0.351 e. The van der Waals surface area contributed by atoms with E-state index in [9.17, 15) is 9.00 Å². The molecule has 1 amide bonds. The summed E-state index contributed by atoms with van der Waals surface area (Å²) in [5, 5.41) is 8.11. The van der Waals surface area contributed by atoms with Crippen LogP contribution < -0.4 is 5.32 Å². The van der Waals surface area contributed by atoms with Gasteiger partial charge in [0.2, 0.25) is 0 Å². The number of hydrogen-bond acceptors (Lipinski definition) is 4. The lowest BCUT2D eigenvalue weighted by atomic mass is 9.84. The number of aromatic nitrogens is 3. The van der Waals surface area contributed by atoms with Crippen LogP contribution in [0.2, 0.25) is 0 Å². The molecular weight excluding hydrogens is 324 g/mol. The van der Waals surface area contributed by atoms with Crippen molar-refractivity contribution in [3.8, 4) is 0 Å². The summed E-state index contributed by atoms with van der Waals surface area (Å²) in [4.78, 5) is 17.3. The zero-order chi connectivity index (χ0) is 17.5. The number of amides is 1. The van der Waals surface area contributed by atoms with Gasteiger partial charge in [0.15, 0.2) is 5.65 Å². The van der Waals surface area contributed by atoms with Crippen LogP contribution in [0.15, 0.2) is 12.3 Å². The second-order valence-electron chi connectivity index (χ2n) is 6.90. The van der Waals surface area contributed by atoms with E-state index in [-0.39, 0.29) is 16.7 Å². The van der Waals surface area contributed by atoms with Crippen LogP contribution in [0.4, 0.5) is 0 Å². The van der Waals surface area contributed by atoms with Gasteiger partial charge in [-0.25, -0.2) is 9.67 Å². The maximum absolute atomic E-state index is 12.7. The summed E-state index contributed by atoms with van der Waals surface area (Å²) >= 11 is 0. The van der Waals surface area contributed by atoms with Crippen LogP contribution in [0.1, 0.15) is 55.2 Å². The number of carbonyl (C=O) groups is 1. The molecular formula is C17H24N4O2S. The van der Waals surface area contributed by atoms with E-state index in [1.54, 1.807) is 18.5 Å². The van der Waals surface area contributed by atoms with Crippen LogP contribution in [0.25, 0.3) is 11.0 Å². The molecule has 1 aliphatic carbocycles. The van der Waals surface area contributed by atoms with Crippen molar-refractivity contribution in [2.24, 2.45) is 0 Å². The van der Waals surface area contributed by atoms with Crippen molar-refractivity contribution < 1.29 is 9.00 Å². The monoisotopic (exact) mass is 348 g/mol. The summed E-state index contributed by atoms with van der Waals surface area (Å²) in [6, 6.07) is 1.97. The molecule has 0 saturated heterocycles. The molecule has 2 aromatic rings. The first-order valence-corrected chi connectivity index (χ1v) is 9.86. The molecule has 2 aromatic heterocycles. The molecule has 1 unspecified atom stereocenters. The number of nitrogens with one attached hydrogen (secondary N) is 1. The maximum atomic E-state index is 12.7. The Kier molecular flexibility index (Phi) is 4.46. The molecule has 1 N–H and O–H groups in total. The standard InChI is InChI=1S/C17H24N4O2S/c1-11(2)21-15-14(9-19-21)13(8-12(3)20-15)16(22)18-10-17(24(4)23)6-5-7-17/h8-9,11H,5-7,10H2,1-4H3,(H,18,22). The molecule has 2 heterocycles. The molecule has 0 bridgehead atoms. The van der Waals surface area contributed by atoms with Crippen molar-refractivity contribution in [3.05, 3.63) is 23.5 Å². The predicted octanol–water partition coefficient (Wildman–Crippen LogP) is 2.35. The van der Waals surface area contributed by atoms with E-state index in [4.69, 9.17) is 0 Å². The molecule has 1 aliphatic rings. The minimum absolute atomic E-state index is 0.148. The molecule has 1 fully saturated rings. The lowest BCUT2D eigenvalue weighted by molar-refractivity contribution is 0.0945. The normalized spacial score (nSPS) is 17.7. The molecule has 0 radical (unpaired) electrons. The Balaban J connectivity index is 1.88. The van der Waals surface area contributed by atoms with Crippen LogP contribution in [0.3, 0.4) is 0 Å². The second-order valence-corrected chi connectivity index (χ2v) is 8.68. The highest BCUT2D eigenvalue weighted by atomic mass is 32.2. The minimum atomic E-state index is -0.932. The quantitative estimate of drug-likeness (QED) is 0.900. The number of nitrogens with zero attached hydrogens (tertiary/aromatic N) is 3. The van der Waals surface area contributed by atoms with Gasteiger partial charge in [-0.15, -0.1) is 0 Å². The molecule has 7 heteroatoms. The molecule has 24 heavy (non-hydrogen) atoms. The van der Waals surface area contributed by atoms with Gasteiger partial charge in [-0.1, -0.05) is 6.42 Å². The Morgan fingerprint density at radius 1 is 1.46 bits per heavy atom. The van der Waals surface area contributed by atoms with Gasteiger partial charge in [-0.2, -0.15) is 5.10 Å². The van der Waals surface area contributed by atoms with E-state index >= 15 is 0 Å². The smallest absolute Gasteiger partial charge is 0.252 e. The molecule has 3 rings (SSSR count). The molecule has 1 atom stereocenters. The number of hydrogen-bond donors (Lipinski definition) is 1. The highest BCUT2D eigenvalue weighted by Crippen LogP contribution is 2.36. The number of carbonyl (C=O) groups excluding carboxylic acids is 1. The number of pyridine rings is 1. The Morgan fingerprint density at radius 3 is 2.71 bits per heavy atom. The molecule has 0 aliphatic heterocycles. The average Bonchev–Trinajstić information content (AvgIpc) is 2.88. The Bertz CT molecular complexity index is 808. The first kappa shape index (κ1) is 17.1. The van der Waals surface area contributed by atoms with Gasteiger partial charge in [0.1, 0.15) is 0 Å². The van der Waals surface area contributed by atoms with E-state index in [2.05, 4.69) is 15.4 Å². The second kappa shape index (κ2) is 6.27. The van der Waals surface area contributed by atoms with E-state index in [1.165, 1.54) is 0 Å². The van der Waals surface area contributed by atoms with Crippen molar-refractivity contribution in [2.75, 3.05) is 12.8 Å². The van der Waals surface area contributed by atoms with Gasteiger partial charge in [0.25, 0.3) is 5.91 Å². The zero-order valence-electron chi connectivity index (χ0n) is 14.6. The molecule has 130 valence electrons. The lowest BCUT2D eigenvalue weighted by Crippen LogP contribution is -2.50. The molecule has 0 aromatic carbocycles. The lowest BCUT2D eigenvalue weighted by Gasteiger charge is -2.39. The Labute approximate surface area is 144 Å². The molecule has 6 nitrogen and oxygen atoms in total. The number of rotatable bonds is 5. The summed E-state index contributed by atoms with van der Waals surface area (Å²) in [5.74, 6) is -0.148. The fraction of sp³-hybridized carbons (Fsp3) is 0.588.